The fourth-order valence-electron chi connectivity index (χ4n) is 1.88. The number of carboxylic acid groups (broad SMARTS) is 1. The molecule has 118 valence electrons. The van der Waals surface area contributed by atoms with E-state index in [-0.39, 0.29) is 23.5 Å². The number of aliphatic carboxylic acids is 1. The van der Waals surface area contributed by atoms with Crippen molar-refractivity contribution in [3.63, 3.8) is 0 Å². The van der Waals surface area contributed by atoms with E-state index in [1.54, 1.807) is 0 Å². The predicted molar refractivity (Wildman–Crippen MR) is 71.6 cm³/mol. The van der Waals surface area contributed by atoms with Gasteiger partial charge in [-0.1, -0.05) is 6.92 Å². The summed E-state index contributed by atoms with van der Waals surface area (Å²) in [6.45, 7) is 4.32. The number of carbonyl (C=O) groups is 2. The zero-order chi connectivity index (χ0) is 16.4. The molecule has 0 aliphatic heterocycles. The first-order chi connectivity index (χ1) is 9.65. The molecule has 0 bridgehead atoms. The highest BCUT2D eigenvalue weighted by Gasteiger charge is 2.34. The van der Waals surface area contributed by atoms with Crippen LogP contribution < -0.4 is 4.72 Å². The number of rotatable bonds is 6. The summed E-state index contributed by atoms with van der Waals surface area (Å²) in [7, 11) is -3.13. The average molecular weight is 319 g/mol. The van der Waals surface area contributed by atoms with E-state index in [2.05, 4.69) is 4.74 Å². The van der Waals surface area contributed by atoms with Gasteiger partial charge in [0.05, 0.1) is 7.11 Å². The quantitative estimate of drug-likeness (QED) is 0.744. The molecule has 1 atom stereocenters. The summed E-state index contributed by atoms with van der Waals surface area (Å²) in [5.41, 5.74) is -0.234. The molecular weight excluding hydrogens is 302 g/mol. The van der Waals surface area contributed by atoms with Crippen LogP contribution in [0.3, 0.4) is 0 Å². The van der Waals surface area contributed by atoms with Crippen molar-refractivity contribution in [2.75, 3.05) is 7.11 Å². The maximum atomic E-state index is 12.3. The van der Waals surface area contributed by atoms with Crippen LogP contribution >= 0.6 is 0 Å². The molecule has 0 saturated heterocycles. The zero-order valence-corrected chi connectivity index (χ0v) is 12.9. The summed E-state index contributed by atoms with van der Waals surface area (Å²) in [5, 5.41) is 8.94. The Morgan fingerprint density at radius 1 is 1.33 bits per heavy atom. The third-order valence-corrected chi connectivity index (χ3v) is 4.49. The predicted octanol–water partition coefficient (Wildman–Crippen LogP) is 0.825. The molecule has 2 N–H and O–H groups in total. The van der Waals surface area contributed by atoms with Gasteiger partial charge in [0, 0.05) is 0 Å². The Hall–Kier alpha value is -1.87. The summed E-state index contributed by atoms with van der Waals surface area (Å²) in [6, 6.07) is -1.30. The van der Waals surface area contributed by atoms with Crippen molar-refractivity contribution >= 4 is 22.0 Å². The van der Waals surface area contributed by atoms with E-state index in [0.29, 0.717) is 0 Å². The minimum atomic E-state index is -4.24. The van der Waals surface area contributed by atoms with Gasteiger partial charge < -0.3 is 14.3 Å². The SMILES string of the molecule is CCC(NS(=O)(=O)c1c(C)oc(C)c1C(=O)OC)C(=O)O. The van der Waals surface area contributed by atoms with Crippen LogP contribution in [-0.4, -0.2) is 38.6 Å². The summed E-state index contributed by atoms with van der Waals surface area (Å²) in [6.07, 6.45) is 0.0536. The molecule has 21 heavy (non-hydrogen) atoms. The van der Waals surface area contributed by atoms with Gasteiger partial charge in [-0.05, 0) is 20.3 Å². The molecule has 1 aromatic rings. The lowest BCUT2D eigenvalue weighted by Gasteiger charge is -2.13. The molecule has 1 aromatic heterocycles. The number of hydrogen-bond acceptors (Lipinski definition) is 6. The van der Waals surface area contributed by atoms with Crippen molar-refractivity contribution < 1.29 is 32.3 Å². The summed E-state index contributed by atoms with van der Waals surface area (Å²) < 4.78 is 36.4. The van der Waals surface area contributed by atoms with E-state index in [4.69, 9.17) is 9.52 Å². The summed E-state index contributed by atoms with van der Waals surface area (Å²) in [4.78, 5) is 22.3. The molecule has 8 nitrogen and oxygen atoms in total. The average Bonchev–Trinajstić information content (AvgIpc) is 2.70. The monoisotopic (exact) mass is 319 g/mol. The summed E-state index contributed by atoms with van der Waals surface area (Å²) in [5.74, 6) is -2.10. The first-order valence-corrected chi connectivity index (χ1v) is 7.57. The molecule has 1 rings (SSSR count). The topological polar surface area (TPSA) is 123 Å². The van der Waals surface area contributed by atoms with Gasteiger partial charge in [0.25, 0.3) is 0 Å². The molecule has 0 amide bonds. The van der Waals surface area contributed by atoms with Gasteiger partial charge in [-0.2, -0.15) is 4.72 Å². The number of carboxylic acids is 1. The van der Waals surface area contributed by atoms with Crippen molar-refractivity contribution in [3.8, 4) is 0 Å². The molecule has 1 unspecified atom stereocenters. The standard InChI is InChI=1S/C12H17NO7S/c1-5-8(11(14)15)13-21(17,18)10-7(3)20-6(2)9(10)12(16)19-4/h8,13H,5H2,1-4H3,(H,14,15). The summed E-state index contributed by atoms with van der Waals surface area (Å²) >= 11 is 0. The molecule has 9 heteroatoms. The van der Waals surface area contributed by atoms with Gasteiger partial charge in [0.1, 0.15) is 28.0 Å². The molecule has 0 aliphatic carbocycles. The van der Waals surface area contributed by atoms with Crippen molar-refractivity contribution in [2.45, 2.75) is 38.1 Å². The lowest BCUT2D eigenvalue weighted by molar-refractivity contribution is -0.139. The van der Waals surface area contributed by atoms with Gasteiger partial charge in [-0.3, -0.25) is 4.79 Å². The highest BCUT2D eigenvalue weighted by Crippen LogP contribution is 2.27. The van der Waals surface area contributed by atoms with E-state index < -0.39 is 32.9 Å². The number of esters is 1. The third-order valence-electron chi connectivity index (χ3n) is 2.87. The molecule has 0 spiro atoms. The number of aryl methyl sites for hydroxylation is 2. The Balaban J connectivity index is 3.38. The Morgan fingerprint density at radius 3 is 2.33 bits per heavy atom. The highest BCUT2D eigenvalue weighted by molar-refractivity contribution is 7.89. The number of ether oxygens (including phenoxy) is 1. The lowest BCUT2D eigenvalue weighted by atomic mass is 10.2. The Labute approximate surface area is 122 Å². The number of carbonyl (C=O) groups excluding carboxylic acids is 1. The van der Waals surface area contributed by atoms with E-state index in [1.165, 1.54) is 20.8 Å². The van der Waals surface area contributed by atoms with Crippen LogP contribution in [0.1, 0.15) is 35.2 Å². The van der Waals surface area contributed by atoms with E-state index in [1.807, 2.05) is 4.72 Å². The normalized spacial score (nSPS) is 13.0. The van der Waals surface area contributed by atoms with E-state index >= 15 is 0 Å². The van der Waals surface area contributed by atoms with Crippen LogP contribution in [0.15, 0.2) is 9.31 Å². The van der Waals surface area contributed by atoms with E-state index in [9.17, 15) is 18.0 Å². The van der Waals surface area contributed by atoms with Crippen molar-refractivity contribution in [2.24, 2.45) is 0 Å². The maximum absolute atomic E-state index is 12.3. The minimum absolute atomic E-state index is 0.0133. The van der Waals surface area contributed by atoms with Gasteiger partial charge in [0.15, 0.2) is 0 Å². The Morgan fingerprint density at radius 2 is 1.90 bits per heavy atom. The number of furan rings is 1. The fourth-order valence-corrected chi connectivity index (χ4v) is 3.56. The van der Waals surface area contributed by atoms with E-state index in [0.717, 1.165) is 7.11 Å². The van der Waals surface area contributed by atoms with Gasteiger partial charge >= 0.3 is 11.9 Å². The molecule has 1 heterocycles. The second-order valence-electron chi connectivity index (χ2n) is 4.33. The fraction of sp³-hybridized carbons (Fsp3) is 0.500. The zero-order valence-electron chi connectivity index (χ0n) is 12.1. The van der Waals surface area contributed by atoms with Crippen LogP contribution in [-0.2, 0) is 19.6 Å². The minimum Gasteiger partial charge on any atom is -0.480 e. The molecule has 0 radical (unpaired) electrons. The first kappa shape index (κ1) is 17.2. The number of hydrogen-bond donors (Lipinski definition) is 2. The largest absolute Gasteiger partial charge is 0.480 e. The Kier molecular flexibility index (Phi) is 5.13. The third kappa shape index (κ3) is 3.42. The maximum Gasteiger partial charge on any atom is 0.342 e. The van der Waals surface area contributed by atoms with Crippen LogP contribution in [0.5, 0.6) is 0 Å². The highest BCUT2D eigenvalue weighted by atomic mass is 32.2. The van der Waals surface area contributed by atoms with Crippen LogP contribution in [0.4, 0.5) is 0 Å². The smallest absolute Gasteiger partial charge is 0.342 e. The van der Waals surface area contributed by atoms with Crippen molar-refractivity contribution in [1.29, 1.82) is 0 Å². The van der Waals surface area contributed by atoms with Crippen LogP contribution in [0.25, 0.3) is 0 Å². The molecule has 0 aromatic carbocycles. The molecule has 0 saturated carbocycles. The lowest BCUT2D eigenvalue weighted by Crippen LogP contribution is -2.40. The Bertz CT molecular complexity index is 659. The van der Waals surface area contributed by atoms with Gasteiger partial charge in [0.2, 0.25) is 10.0 Å². The van der Waals surface area contributed by atoms with Crippen molar-refractivity contribution in [3.05, 3.63) is 17.1 Å². The first-order valence-electron chi connectivity index (χ1n) is 6.09. The van der Waals surface area contributed by atoms with Gasteiger partial charge in [-0.15, -0.1) is 0 Å². The van der Waals surface area contributed by atoms with Crippen LogP contribution in [0, 0.1) is 13.8 Å². The van der Waals surface area contributed by atoms with Crippen molar-refractivity contribution in [1.82, 2.24) is 4.72 Å². The molecule has 0 fully saturated rings. The number of nitrogens with one attached hydrogen (secondary N) is 1. The second kappa shape index (κ2) is 6.27. The second-order valence-corrected chi connectivity index (χ2v) is 5.98. The van der Waals surface area contributed by atoms with Gasteiger partial charge in [-0.25, -0.2) is 13.2 Å². The number of methoxy groups -OCH3 is 1. The molecule has 0 aliphatic rings. The molecular formula is C12H17NO7S. The van der Waals surface area contributed by atoms with Crippen LogP contribution in [0.2, 0.25) is 0 Å². The number of sulfonamides is 1.